The molecule has 0 spiro atoms. The minimum absolute atomic E-state index is 0.428. The van der Waals surface area contributed by atoms with Gasteiger partial charge in [-0.2, -0.15) is 0 Å². The van der Waals surface area contributed by atoms with Crippen LogP contribution in [0.2, 0.25) is 0 Å². The maximum atomic E-state index is 14.0. The molecular weight excluding hydrogens is 245 g/mol. The van der Waals surface area contributed by atoms with Crippen LogP contribution >= 0.6 is 0 Å². The molecule has 1 aliphatic carbocycles. The van der Waals surface area contributed by atoms with E-state index in [2.05, 4.69) is 5.32 Å². The molecule has 2 atom stereocenters. The zero-order chi connectivity index (χ0) is 14.0. The molecule has 0 saturated carbocycles. The lowest BCUT2D eigenvalue weighted by Gasteiger charge is -2.30. The lowest BCUT2D eigenvalue weighted by molar-refractivity contribution is 0.0465. The van der Waals surface area contributed by atoms with Crippen molar-refractivity contribution in [1.29, 1.82) is 0 Å². The van der Waals surface area contributed by atoms with Gasteiger partial charge in [0.05, 0.1) is 6.04 Å². The van der Waals surface area contributed by atoms with Crippen molar-refractivity contribution >= 4 is 6.09 Å². The molecule has 4 heteroatoms. The molecule has 0 aromatic heterocycles. The van der Waals surface area contributed by atoms with Crippen LogP contribution < -0.4 is 5.32 Å². The van der Waals surface area contributed by atoms with Crippen molar-refractivity contribution in [3.05, 3.63) is 35.4 Å². The highest BCUT2D eigenvalue weighted by atomic mass is 19.1. The van der Waals surface area contributed by atoms with E-state index < -0.39 is 23.9 Å². The summed E-state index contributed by atoms with van der Waals surface area (Å²) in [4.78, 5) is 11.8. The van der Waals surface area contributed by atoms with Crippen molar-refractivity contribution in [2.75, 3.05) is 0 Å². The Hall–Kier alpha value is -1.58. The first kappa shape index (κ1) is 13.8. The lowest BCUT2D eigenvalue weighted by atomic mass is 9.86. The molecule has 1 aromatic rings. The van der Waals surface area contributed by atoms with Gasteiger partial charge in [-0.3, -0.25) is 0 Å². The number of alkyl carbamates (subject to hydrolysis) is 1. The molecule has 1 amide bonds. The number of amides is 1. The fraction of sp³-hybridized carbons (Fsp3) is 0.533. The van der Waals surface area contributed by atoms with E-state index in [1.807, 2.05) is 24.3 Å². The molecule has 0 heterocycles. The number of alkyl halides is 1. The number of nitrogens with one attached hydrogen (secondary N) is 1. The molecule has 3 nitrogen and oxygen atoms in total. The Morgan fingerprint density at radius 3 is 2.74 bits per heavy atom. The second-order valence-corrected chi connectivity index (χ2v) is 5.88. The van der Waals surface area contributed by atoms with Crippen molar-refractivity contribution in [3.63, 3.8) is 0 Å². The van der Waals surface area contributed by atoms with E-state index in [-0.39, 0.29) is 0 Å². The summed E-state index contributed by atoms with van der Waals surface area (Å²) < 4.78 is 19.2. The summed E-state index contributed by atoms with van der Waals surface area (Å²) in [6.45, 7) is 5.36. The Balaban J connectivity index is 2.13. The number of carbonyl (C=O) groups is 1. The van der Waals surface area contributed by atoms with Gasteiger partial charge >= 0.3 is 6.09 Å². The molecule has 104 valence electrons. The third kappa shape index (κ3) is 3.46. The van der Waals surface area contributed by atoms with Gasteiger partial charge in [-0.15, -0.1) is 0 Å². The summed E-state index contributed by atoms with van der Waals surface area (Å²) in [7, 11) is 0. The average molecular weight is 265 g/mol. The van der Waals surface area contributed by atoms with Gasteiger partial charge in [0, 0.05) is 0 Å². The summed E-state index contributed by atoms with van der Waals surface area (Å²) in [5.41, 5.74) is 1.37. The summed E-state index contributed by atoms with van der Waals surface area (Å²) in [6.07, 6.45) is -0.499. The molecule has 2 rings (SSSR count). The normalized spacial score (nSPS) is 22.5. The number of aryl methyl sites for hydroxylation is 1. The highest BCUT2D eigenvalue weighted by Gasteiger charge is 2.31. The Morgan fingerprint density at radius 2 is 2.05 bits per heavy atom. The lowest BCUT2D eigenvalue weighted by Crippen LogP contribution is -2.40. The topological polar surface area (TPSA) is 38.3 Å². The molecule has 0 saturated heterocycles. The Bertz CT molecular complexity index is 467. The van der Waals surface area contributed by atoms with Gasteiger partial charge in [-0.25, -0.2) is 9.18 Å². The minimum atomic E-state index is -1.07. The van der Waals surface area contributed by atoms with Crippen LogP contribution in [0.3, 0.4) is 0 Å². The number of rotatable bonds is 1. The standard InChI is InChI=1S/C15H20FNO2/c1-15(2,3)19-14(18)17-13-11-7-5-4-6-10(11)8-9-12(13)16/h4-7,12-13H,8-9H2,1-3H3,(H,17,18). The van der Waals surface area contributed by atoms with Gasteiger partial charge in [0.25, 0.3) is 0 Å². The SMILES string of the molecule is CC(C)(C)OC(=O)NC1c2ccccc2CCC1F. The van der Waals surface area contributed by atoms with Crippen LogP contribution in [-0.2, 0) is 11.2 Å². The maximum absolute atomic E-state index is 14.0. The molecule has 0 aliphatic heterocycles. The predicted molar refractivity (Wildman–Crippen MR) is 71.8 cm³/mol. The van der Waals surface area contributed by atoms with Crippen LogP contribution in [0.4, 0.5) is 9.18 Å². The summed E-state index contributed by atoms with van der Waals surface area (Å²) in [5.74, 6) is 0. The molecule has 0 bridgehead atoms. The molecule has 0 radical (unpaired) electrons. The van der Waals surface area contributed by atoms with Crippen LogP contribution in [0.1, 0.15) is 44.4 Å². The highest BCUT2D eigenvalue weighted by Crippen LogP contribution is 2.32. The second kappa shape index (κ2) is 5.19. The van der Waals surface area contributed by atoms with Crippen LogP contribution in [0, 0.1) is 0 Å². The third-order valence-corrected chi connectivity index (χ3v) is 3.11. The van der Waals surface area contributed by atoms with Crippen molar-refractivity contribution in [3.8, 4) is 0 Å². The van der Waals surface area contributed by atoms with E-state index in [0.717, 1.165) is 11.1 Å². The number of halogens is 1. The Kier molecular flexibility index (Phi) is 3.78. The van der Waals surface area contributed by atoms with E-state index in [9.17, 15) is 9.18 Å². The van der Waals surface area contributed by atoms with Gasteiger partial charge in [0.1, 0.15) is 11.8 Å². The third-order valence-electron chi connectivity index (χ3n) is 3.11. The van der Waals surface area contributed by atoms with E-state index in [4.69, 9.17) is 4.74 Å². The summed E-state index contributed by atoms with van der Waals surface area (Å²) in [6, 6.07) is 7.02. The predicted octanol–water partition coefficient (Wildman–Crippen LogP) is 3.54. The highest BCUT2D eigenvalue weighted by molar-refractivity contribution is 5.68. The van der Waals surface area contributed by atoms with Gasteiger partial charge in [0.15, 0.2) is 0 Å². The second-order valence-electron chi connectivity index (χ2n) is 5.88. The number of fused-ring (bicyclic) bond motifs is 1. The Labute approximate surface area is 113 Å². The monoisotopic (exact) mass is 265 g/mol. The molecule has 1 N–H and O–H groups in total. The van der Waals surface area contributed by atoms with E-state index >= 15 is 0 Å². The summed E-state index contributed by atoms with van der Waals surface area (Å²) >= 11 is 0. The number of carbonyl (C=O) groups excluding carboxylic acids is 1. The smallest absolute Gasteiger partial charge is 0.408 e. The van der Waals surface area contributed by atoms with E-state index in [1.54, 1.807) is 20.8 Å². The van der Waals surface area contributed by atoms with Gasteiger partial charge < -0.3 is 10.1 Å². The molecule has 19 heavy (non-hydrogen) atoms. The zero-order valence-corrected chi connectivity index (χ0v) is 11.6. The van der Waals surface area contributed by atoms with Crippen LogP contribution in [-0.4, -0.2) is 17.9 Å². The number of ether oxygens (including phenoxy) is 1. The number of benzene rings is 1. The van der Waals surface area contributed by atoms with Crippen molar-refractivity contribution in [2.24, 2.45) is 0 Å². The quantitative estimate of drug-likeness (QED) is 0.843. The van der Waals surface area contributed by atoms with Gasteiger partial charge in [0.2, 0.25) is 0 Å². The number of hydrogen-bond donors (Lipinski definition) is 1. The van der Waals surface area contributed by atoms with Gasteiger partial charge in [-0.05, 0) is 44.7 Å². The van der Waals surface area contributed by atoms with Crippen molar-refractivity contribution < 1.29 is 13.9 Å². The first-order valence-electron chi connectivity index (χ1n) is 6.58. The van der Waals surface area contributed by atoms with Crippen LogP contribution in [0.5, 0.6) is 0 Å². The molecular formula is C15H20FNO2. The van der Waals surface area contributed by atoms with Crippen molar-refractivity contribution in [1.82, 2.24) is 5.32 Å². The van der Waals surface area contributed by atoms with E-state index in [1.165, 1.54) is 0 Å². The summed E-state index contributed by atoms with van der Waals surface area (Å²) in [5, 5.41) is 2.65. The fourth-order valence-electron chi connectivity index (χ4n) is 2.32. The van der Waals surface area contributed by atoms with Crippen LogP contribution in [0.25, 0.3) is 0 Å². The minimum Gasteiger partial charge on any atom is -0.444 e. The fourth-order valence-corrected chi connectivity index (χ4v) is 2.32. The number of hydrogen-bond acceptors (Lipinski definition) is 2. The first-order valence-corrected chi connectivity index (χ1v) is 6.58. The average Bonchev–Trinajstić information content (AvgIpc) is 2.31. The maximum Gasteiger partial charge on any atom is 0.408 e. The zero-order valence-electron chi connectivity index (χ0n) is 11.6. The molecule has 0 fully saturated rings. The largest absolute Gasteiger partial charge is 0.444 e. The van der Waals surface area contributed by atoms with Crippen molar-refractivity contribution in [2.45, 2.75) is 51.4 Å². The van der Waals surface area contributed by atoms with E-state index in [0.29, 0.717) is 12.8 Å². The Morgan fingerprint density at radius 1 is 1.37 bits per heavy atom. The first-order chi connectivity index (χ1) is 8.87. The van der Waals surface area contributed by atoms with Gasteiger partial charge in [-0.1, -0.05) is 24.3 Å². The molecule has 1 aliphatic rings. The van der Waals surface area contributed by atoms with Crippen LogP contribution in [0.15, 0.2) is 24.3 Å². The molecule has 2 unspecified atom stereocenters. The molecule has 1 aromatic carbocycles.